The van der Waals surface area contributed by atoms with Crippen molar-refractivity contribution in [3.05, 3.63) is 90.0 Å². The lowest BCUT2D eigenvalue weighted by Crippen LogP contribution is -1.94. The fraction of sp³-hybridized carbons (Fsp3) is 0.0952. The largest absolute Gasteiger partial charge is 0.489 e. The first-order chi connectivity index (χ1) is 11.7. The van der Waals surface area contributed by atoms with Gasteiger partial charge in [0.05, 0.1) is 0 Å². The van der Waals surface area contributed by atoms with Crippen molar-refractivity contribution in [1.82, 2.24) is 0 Å². The molecule has 0 aliphatic rings. The molecule has 0 N–H and O–H groups in total. The van der Waals surface area contributed by atoms with Crippen LogP contribution in [0.2, 0.25) is 0 Å². The van der Waals surface area contributed by atoms with Crippen molar-refractivity contribution in [2.24, 2.45) is 0 Å². The summed E-state index contributed by atoms with van der Waals surface area (Å²) in [5.74, 6) is 0.937. The van der Waals surface area contributed by atoms with Gasteiger partial charge in [-0.05, 0) is 42.8 Å². The third-order valence-corrected chi connectivity index (χ3v) is 4.55. The molecule has 0 unspecified atom stereocenters. The number of hydrogen-bond donors (Lipinski definition) is 0. The van der Waals surface area contributed by atoms with Crippen LogP contribution >= 0.6 is 11.8 Å². The number of ether oxygens (including phenoxy) is 1. The van der Waals surface area contributed by atoms with Crippen LogP contribution in [0.3, 0.4) is 0 Å². The van der Waals surface area contributed by atoms with Crippen molar-refractivity contribution in [2.75, 3.05) is 0 Å². The van der Waals surface area contributed by atoms with Gasteiger partial charge in [-0.2, -0.15) is 0 Å². The summed E-state index contributed by atoms with van der Waals surface area (Å²) in [4.78, 5) is 13.5. The zero-order valence-electron chi connectivity index (χ0n) is 13.4. The Kier molecular flexibility index (Phi) is 5.34. The zero-order valence-corrected chi connectivity index (χ0v) is 14.3. The van der Waals surface area contributed by atoms with Crippen molar-refractivity contribution in [2.45, 2.75) is 23.3 Å². The molecule has 0 atom stereocenters. The summed E-state index contributed by atoms with van der Waals surface area (Å²) in [6, 6.07) is 25.8. The average Bonchev–Trinajstić information content (AvgIpc) is 2.62. The van der Waals surface area contributed by atoms with Gasteiger partial charge in [0.15, 0.2) is 5.78 Å². The number of carbonyl (C=O) groups is 1. The molecular formula is C21H18O2S. The molecule has 0 spiro atoms. The molecule has 0 fully saturated rings. The molecule has 3 rings (SSSR count). The molecule has 0 radical (unpaired) electrons. The van der Waals surface area contributed by atoms with Crippen LogP contribution in [-0.2, 0) is 6.61 Å². The summed E-state index contributed by atoms with van der Waals surface area (Å²) >= 11 is 1.65. The minimum absolute atomic E-state index is 0.0860. The topological polar surface area (TPSA) is 26.3 Å². The van der Waals surface area contributed by atoms with Crippen LogP contribution in [0.5, 0.6) is 5.75 Å². The van der Waals surface area contributed by atoms with E-state index in [4.69, 9.17) is 4.74 Å². The minimum Gasteiger partial charge on any atom is -0.489 e. The van der Waals surface area contributed by atoms with E-state index in [1.54, 1.807) is 18.7 Å². The number of rotatable bonds is 6. The van der Waals surface area contributed by atoms with E-state index in [0.29, 0.717) is 6.61 Å². The first-order valence-corrected chi connectivity index (χ1v) is 8.58. The Labute approximate surface area is 146 Å². The van der Waals surface area contributed by atoms with Gasteiger partial charge in [-0.25, -0.2) is 0 Å². The summed E-state index contributed by atoms with van der Waals surface area (Å²) in [5.41, 5.74) is 1.88. The second kappa shape index (κ2) is 7.84. The molecule has 0 saturated carbocycles. The predicted molar refractivity (Wildman–Crippen MR) is 97.8 cm³/mol. The highest BCUT2D eigenvalue weighted by atomic mass is 32.2. The van der Waals surface area contributed by atoms with Gasteiger partial charge in [0, 0.05) is 15.4 Å². The van der Waals surface area contributed by atoms with E-state index in [-0.39, 0.29) is 5.78 Å². The van der Waals surface area contributed by atoms with E-state index in [1.165, 1.54) is 0 Å². The van der Waals surface area contributed by atoms with Crippen molar-refractivity contribution < 1.29 is 9.53 Å². The Morgan fingerprint density at radius 2 is 1.62 bits per heavy atom. The highest BCUT2D eigenvalue weighted by Crippen LogP contribution is 2.30. The zero-order chi connectivity index (χ0) is 16.8. The van der Waals surface area contributed by atoms with Crippen LogP contribution in [0, 0.1) is 0 Å². The number of benzene rings is 3. The number of ketones is 1. The van der Waals surface area contributed by atoms with Crippen molar-refractivity contribution in [3.63, 3.8) is 0 Å². The average molecular weight is 334 g/mol. The Morgan fingerprint density at radius 1 is 0.875 bits per heavy atom. The molecule has 0 aliphatic heterocycles. The molecule has 3 heteroatoms. The molecule has 3 aromatic carbocycles. The molecule has 3 aromatic rings. The number of hydrogen-bond acceptors (Lipinski definition) is 3. The van der Waals surface area contributed by atoms with E-state index >= 15 is 0 Å². The van der Waals surface area contributed by atoms with E-state index < -0.39 is 0 Å². The smallest absolute Gasteiger partial charge is 0.159 e. The Morgan fingerprint density at radius 3 is 2.33 bits per heavy atom. The molecule has 0 bridgehead atoms. The lowest BCUT2D eigenvalue weighted by molar-refractivity contribution is 0.101. The number of Topliss-reactive ketones (excluding diaryl/α,β-unsaturated/α-hetero) is 1. The Balaban J connectivity index is 1.65. The predicted octanol–water partition coefficient (Wildman–Crippen LogP) is 5.62. The quantitative estimate of drug-likeness (QED) is 0.547. The SMILES string of the molecule is CC(=O)c1ccc(Sc2cccc(OCc3ccccc3)c2)cc1. The van der Waals surface area contributed by atoms with Crippen molar-refractivity contribution in [1.29, 1.82) is 0 Å². The Hall–Kier alpha value is -2.52. The van der Waals surface area contributed by atoms with Gasteiger partial charge in [0.1, 0.15) is 12.4 Å². The molecule has 24 heavy (non-hydrogen) atoms. The van der Waals surface area contributed by atoms with Crippen LogP contribution in [0.1, 0.15) is 22.8 Å². The normalized spacial score (nSPS) is 10.4. The maximum absolute atomic E-state index is 11.3. The first kappa shape index (κ1) is 16.3. The van der Waals surface area contributed by atoms with Gasteiger partial charge >= 0.3 is 0 Å². The molecule has 0 heterocycles. The van der Waals surface area contributed by atoms with Crippen LogP contribution in [0.25, 0.3) is 0 Å². The van der Waals surface area contributed by atoms with Gasteiger partial charge in [-0.3, -0.25) is 4.79 Å². The van der Waals surface area contributed by atoms with Gasteiger partial charge in [0.2, 0.25) is 0 Å². The minimum atomic E-state index is 0.0860. The third kappa shape index (κ3) is 4.49. The summed E-state index contributed by atoms with van der Waals surface area (Å²) in [6.45, 7) is 2.14. The fourth-order valence-electron chi connectivity index (χ4n) is 2.26. The maximum atomic E-state index is 11.3. The second-order valence-electron chi connectivity index (χ2n) is 5.43. The highest BCUT2D eigenvalue weighted by molar-refractivity contribution is 7.99. The molecule has 0 saturated heterocycles. The monoisotopic (exact) mass is 334 g/mol. The van der Waals surface area contributed by atoms with Gasteiger partial charge in [0.25, 0.3) is 0 Å². The molecule has 2 nitrogen and oxygen atoms in total. The summed E-state index contributed by atoms with van der Waals surface area (Å²) in [5, 5.41) is 0. The van der Waals surface area contributed by atoms with Crippen LogP contribution in [-0.4, -0.2) is 5.78 Å². The van der Waals surface area contributed by atoms with E-state index in [0.717, 1.165) is 26.7 Å². The lowest BCUT2D eigenvalue weighted by Gasteiger charge is -2.08. The molecule has 0 aromatic heterocycles. The van der Waals surface area contributed by atoms with Gasteiger partial charge in [-0.1, -0.05) is 60.3 Å². The first-order valence-electron chi connectivity index (χ1n) is 7.76. The molecular weight excluding hydrogens is 316 g/mol. The number of carbonyl (C=O) groups excluding carboxylic acids is 1. The fourth-order valence-corrected chi connectivity index (χ4v) is 3.13. The second-order valence-corrected chi connectivity index (χ2v) is 6.58. The van der Waals surface area contributed by atoms with E-state index in [2.05, 4.69) is 18.2 Å². The summed E-state index contributed by atoms with van der Waals surface area (Å²) < 4.78 is 5.86. The van der Waals surface area contributed by atoms with Crippen LogP contribution in [0.15, 0.2) is 88.7 Å². The van der Waals surface area contributed by atoms with E-state index in [1.807, 2.05) is 60.7 Å². The highest BCUT2D eigenvalue weighted by Gasteiger charge is 2.03. The summed E-state index contributed by atoms with van der Waals surface area (Å²) in [7, 11) is 0. The van der Waals surface area contributed by atoms with Crippen LogP contribution < -0.4 is 4.74 Å². The van der Waals surface area contributed by atoms with Gasteiger partial charge in [-0.15, -0.1) is 0 Å². The molecule has 0 amide bonds. The molecule has 0 aliphatic carbocycles. The molecule has 120 valence electrons. The van der Waals surface area contributed by atoms with Crippen molar-refractivity contribution >= 4 is 17.5 Å². The van der Waals surface area contributed by atoms with Crippen molar-refractivity contribution in [3.8, 4) is 5.75 Å². The lowest BCUT2D eigenvalue weighted by atomic mass is 10.2. The summed E-state index contributed by atoms with van der Waals surface area (Å²) in [6.07, 6.45) is 0. The Bertz CT molecular complexity index is 811. The van der Waals surface area contributed by atoms with Gasteiger partial charge < -0.3 is 4.74 Å². The maximum Gasteiger partial charge on any atom is 0.159 e. The standard InChI is InChI=1S/C21H18O2S/c1-16(22)18-10-12-20(13-11-18)24-21-9-5-8-19(14-21)23-15-17-6-3-2-4-7-17/h2-14H,15H2,1H3. The van der Waals surface area contributed by atoms with Crippen LogP contribution in [0.4, 0.5) is 0 Å². The third-order valence-electron chi connectivity index (χ3n) is 3.55. The van der Waals surface area contributed by atoms with E-state index in [9.17, 15) is 4.79 Å².